The van der Waals surface area contributed by atoms with Gasteiger partial charge in [0.1, 0.15) is 5.69 Å². The molecule has 1 heterocycles. The molecule has 0 amide bonds. The van der Waals surface area contributed by atoms with Crippen LogP contribution in [0.25, 0.3) is 11.3 Å². The second-order valence-corrected chi connectivity index (χ2v) is 4.52. The number of hydrogen-bond donors (Lipinski definition) is 1. The molecule has 0 aliphatic rings. The summed E-state index contributed by atoms with van der Waals surface area (Å²) < 4.78 is 4.99. The molecular formula is C14H17N3O2. The van der Waals surface area contributed by atoms with Gasteiger partial charge in [0, 0.05) is 5.56 Å². The van der Waals surface area contributed by atoms with Gasteiger partial charge in [-0.15, -0.1) is 5.10 Å². The smallest absolute Gasteiger partial charge is 0.361 e. The first kappa shape index (κ1) is 13.3. The quantitative estimate of drug-likeness (QED) is 0.860. The Labute approximate surface area is 112 Å². The molecule has 0 bridgehead atoms. The molecule has 0 unspecified atom stereocenters. The summed E-state index contributed by atoms with van der Waals surface area (Å²) in [6.07, 6.45) is 0. The summed E-state index contributed by atoms with van der Waals surface area (Å²) in [6.45, 7) is 8.12. The van der Waals surface area contributed by atoms with Crippen LogP contribution in [-0.2, 0) is 4.74 Å². The van der Waals surface area contributed by atoms with Gasteiger partial charge >= 0.3 is 5.97 Å². The van der Waals surface area contributed by atoms with Crippen molar-refractivity contribution in [2.75, 3.05) is 6.61 Å². The van der Waals surface area contributed by atoms with E-state index in [2.05, 4.69) is 27.5 Å². The summed E-state index contributed by atoms with van der Waals surface area (Å²) in [5, 5.41) is 10.5. The lowest BCUT2D eigenvalue weighted by molar-refractivity contribution is 0.0520. The minimum Gasteiger partial charge on any atom is -0.461 e. The number of nitrogens with zero attached hydrogens (tertiary/aromatic N) is 2. The SMILES string of the molecule is CCOC(=O)c1n[nH]nc1-c1c(C)cc(C)cc1C. The fourth-order valence-electron chi connectivity index (χ4n) is 2.30. The Morgan fingerprint density at radius 3 is 2.42 bits per heavy atom. The van der Waals surface area contributed by atoms with E-state index in [9.17, 15) is 4.79 Å². The second-order valence-electron chi connectivity index (χ2n) is 4.52. The van der Waals surface area contributed by atoms with Gasteiger partial charge in [0.05, 0.1) is 6.61 Å². The summed E-state index contributed by atoms with van der Waals surface area (Å²) in [6, 6.07) is 4.12. The van der Waals surface area contributed by atoms with Gasteiger partial charge in [0.25, 0.3) is 0 Å². The number of aromatic nitrogens is 3. The number of hydrogen-bond acceptors (Lipinski definition) is 4. The molecule has 1 aromatic heterocycles. The lowest BCUT2D eigenvalue weighted by atomic mass is 9.96. The first-order chi connectivity index (χ1) is 9.04. The summed E-state index contributed by atoms with van der Waals surface area (Å²) in [5.41, 5.74) is 5.03. The Morgan fingerprint density at radius 2 is 1.84 bits per heavy atom. The molecule has 2 rings (SSSR count). The molecule has 0 fully saturated rings. The van der Waals surface area contributed by atoms with Crippen molar-refractivity contribution >= 4 is 5.97 Å². The van der Waals surface area contributed by atoms with Gasteiger partial charge in [0.2, 0.25) is 0 Å². The van der Waals surface area contributed by atoms with E-state index in [0.717, 1.165) is 16.7 Å². The second kappa shape index (κ2) is 5.22. The molecule has 2 aromatic rings. The number of aryl methyl sites for hydroxylation is 3. The topological polar surface area (TPSA) is 67.9 Å². The Kier molecular flexibility index (Phi) is 3.64. The van der Waals surface area contributed by atoms with E-state index >= 15 is 0 Å². The molecule has 0 radical (unpaired) electrons. The van der Waals surface area contributed by atoms with Crippen molar-refractivity contribution in [1.29, 1.82) is 0 Å². The monoisotopic (exact) mass is 259 g/mol. The van der Waals surface area contributed by atoms with Crippen molar-refractivity contribution in [2.24, 2.45) is 0 Å². The highest BCUT2D eigenvalue weighted by molar-refractivity contribution is 5.94. The van der Waals surface area contributed by atoms with Crippen molar-refractivity contribution in [2.45, 2.75) is 27.7 Å². The van der Waals surface area contributed by atoms with Gasteiger partial charge in [-0.1, -0.05) is 17.7 Å². The van der Waals surface area contributed by atoms with Gasteiger partial charge in [0.15, 0.2) is 5.69 Å². The fraction of sp³-hybridized carbons (Fsp3) is 0.357. The maximum Gasteiger partial charge on any atom is 0.361 e. The maximum atomic E-state index is 11.8. The van der Waals surface area contributed by atoms with Crippen LogP contribution in [0.1, 0.15) is 34.1 Å². The largest absolute Gasteiger partial charge is 0.461 e. The first-order valence-electron chi connectivity index (χ1n) is 6.20. The standard InChI is InChI=1S/C14H17N3O2/c1-5-19-14(18)13-12(15-17-16-13)11-9(3)6-8(2)7-10(11)4/h6-7H,5H2,1-4H3,(H,15,16,17). The normalized spacial score (nSPS) is 10.5. The van der Waals surface area contributed by atoms with E-state index in [4.69, 9.17) is 4.74 Å². The highest BCUT2D eigenvalue weighted by Gasteiger charge is 2.21. The Morgan fingerprint density at radius 1 is 1.21 bits per heavy atom. The fourth-order valence-corrected chi connectivity index (χ4v) is 2.30. The van der Waals surface area contributed by atoms with Gasteiger partial charge < -0.3 is 4.74 Å². The summed E-state index contributed by atoms with van der Waals surface area (Å²) >= 11 is 0. The average molecular weight is 259 g/mol. The van der Waals surface area contributed by atoms with Crippen LogP contribution in [0, 0.1) is 20.8 Å². The molecule has 0 aliphatic carbocycles. The first-order valence-corrected chi connectivity index (χ1v) is 6.20. The van der Waals surface area contributed by atoms with E-state index in [1.54, 1.807) is 6.92 Å². The maximum absolute atomic E-state index is 11.8. The van der Waals surface area contributed by atoms with Crippen LogP contribution in [0.4, 0.5) is 0 Å². The zero-order valence-electron chi connectivity index (χ0n) is 11.6. The Hall–Kier alpha value is -2.17. The molecular weight excluding hydrogens is 242 g/mol. The lowest BCUT2D eigenvalue weighted by Crippen LogP contribution is -2.07. The minimum absolute atomic E-state index is 0.233. The lowest BCUT2D eigenvalue weighted by Gasteiger charge is -2.09. The number of benzene rings is 1. The van der Waals surface area contributed by atoms with Crippen molar-refractivity contribution < 1.29 is 9.53 Å². The van der Waals surface area contributed by atoms with E-state index < -0.39 is 5.97 Å². The Bertz CT molecular complexity index is 594. The molecule has 5 nitrogen and oxygen atoms in total. The van der Waals surface area contributed by atoms with Gasteiger partial charge in [-0.25, -0.2) is 4.79 Å². The summed E-state index contributed by atoms with van der Waals surface area (Å²) in [4.78, 5) is 11.8. The predicted molar refractivity (Wildman–Crippen MR) is 72.0 cm³/mol. The van der Waals surface area contributed by atoms with Crippen molar-refractivity contribution in [3.63, 3.8) is 0 Å². The number of esters is 1. The Balaban J connectivity index is 2.55. The predicted octanol–water partition coefficient (Wildman–Crippen LogP) is 2.57. The third-order valence-electron chi connectivity index (χ3n) is 2.93. The van der Waals surface area contributed by atoms with Crippen molar-refractivity contribution in [1.82, 2.24) is 15.4 Å². The van der Waals surface area contributed by atoms with Gasteiger partial charge in [-0.05, 0) is 38.8 Å². The zero-order chi connectivity index (χ0) is 14.0. The summed E-state index contributed by atoms with van der Waals surface area (Å²) in [7, 11) is 0. The number of aromatic amines is 1. The minimum atomic E-state index is -0.453. The number of carbonyl (C=O) groups is 1. The van der Waals surface area contributed by atoms with Gasteiger partial charge in [-0.2, -0.15) is 10.3 Å². The number of nitrogens with one attached hydrogen (secondary N) is 1. The van der Waals surface area contributed by atoms with Crippen LogP contribution in [0.15, 0.2) is 12.1 Å². The molecule has 19 heavy (non-hydrogen) atoms. The number of H-pyrrole nitrogens is 1. The summed E-state index contributed by atoms with van der Waals surface area (Å²) in [5.74, 6) is -0.453. The molecule has 0 saturated heterocycles. The van der Waals surface area contributed by atoms with Crippen molar-refractivity contribution in [3.05, 3.63) is 34.5 Å². The molecule has 0 aliphatic heterocycles. The average Bonchev–Trinajstić information content (AvgIpc) is 2.77. The zero-order valence-corrected chi connectivity index (χ0v) is 11.6. The van der Waals surface area contributed by atoms with E-state index in [1.807, 2.05) is 20.8 Å². The van der Waals surface area contributed by atoms with Crippen LogP contribution in [0.3, 0.4) is 0 Å². The molecule has 0 atom stereocenters. The molecule has 5 heteroatoms. The molecule has 0 spiro atoms. The third kappa shape index (κ3) is 2.50. The molecule has 0 saturated carbocycles. The highest BCUT2D eigenvalue weighted by atomic mass is 16.5. The third-order valence-corrected chi connectivity index (χ3v) is 2.93. The molecule has 1 N–H and O–H groups in total. The van der Waals surface area contributed by atoms with Crippen LogP contribution >= 0.6 is 0 Å². The number of rotatable bonds is 3. The van der Waals surface area contributed by atoms with E-state index in [-0.39, 0.29) is 5.69 Å². The van der Waals surface area contributed by atoms with E-state index in [1.165, 1.54) is 5.56 Å². The number of ether oxygens (including phenoxy) is 1. The van der Waals surface area contributed by atoms with Crippen LogP contribution < -0.4 is 0 Å². The van der Waals surface area contributed by atoms with Crippen LogP contribution in [0.5, 0.6) is 0 Å². The molecule has 1 aromatic carbocycles. The molecule has 100 valence electrons. The van der Waals surface area contributed by atoms with Gasteiger partial charge in [-0.3, -0.25) is 0 Å². The van der Waals surface area contributed by atoms with Crippen molar-refractivity contribution in [3.8, 4) is 11.3 Å². The van der Waals surface area contributed by atoms with Crippen LogP contribution in [-0.4, -0.2) is 28.0 Å². The van der Waals surface area contributed by atoms with Crippen LogP contribution in [0.2, 0.25) is 0 Å². The van der Waals surface area contributed by atoms with E-state index in [0.29, 0.717) is 12.3 Å². The number of carbonyl (C=O) groups excluding carboxylic acids is 1. The highest BCUT2D eigenvalue weighted by Crippen LogP contribution is 2.28.